The first-order valence-corrected chi connectivity index (χ1v) is 7.91. The number of hydrogen-bond acceptors (Lipinski definition) is 3. The van der Waals surface area contributed by atoms with E-state index in [2.05, 4.69) is 9.71 Å². The van der Waals surface area contributed by atoms with E-state index in [1.54, 1.807) is 44.4 Å². The fourth-order valence-electron chi connectivity index (χ4n) is 1.80. The van der Waals surface area contributed by atoms with Gasteiger partial charge in [-0.05, 0) is 48.7 Å². The Morgan fingerprint density at radius 3 is 2.65 bits per heavy atom. The second-order valence-corrected chi connectivity index (χ2v) is 6.70. The smallest absolute Gasteiger partial charge is 0.241 e. The minimum absolute atomic E-state index is 0.206. The Morgan fingerprint density at radius 2 is 2.00 bits per heavy atom. The first-order chi connectivity index (χ1) is 9.40. The van der Waals surface area contributed by atoms with Crippen LogP contribution in [0.2, 0.25) is 5.02 Å². The molecule has 2 aromatic rings. The van der Waals surface area contributed by atoms with Crippen LogP contribution in [-0.2, 0) is 16.6 Å². The van der Waals surface area contributed by atoms with Crippen molar-refractivity contribution in [1.82, 2.24) is 9.71 Å². The molecule has 0 atom stereocenters. The molecule has 0 amide bonds. The molecule has 1 N–H and O–H groups in total. The van der Waals surface area contributed by atoms with Crippen LogP contribution >= 0.6 is 11.6 Å². The van der Waals surface area contributed by atoms with Gasteiger partial charge in [0.15, 0.2) is 0 Å². The molecule has 1 aromatic heterocycles. The van der Waals surface area contributed by atoms with E-state index in [0.29, 0.717) is 10.6 Å². The second-order valence-electron chi connectivity index (χ2n) is 4.55. The van der Waals surface area contributed by atoms with Crippen molar-refractivity contribution in [2.45, 2.75) is 25.3 Å². The largest absolute Gasteiger partial charge is 0.264 e. The molecule has 0 spiro atoms. The maximum Gasteiger partial charge on any atom is 0.241 e. The van der Waals surface area contributed by atoms with E-state index in [0.717, 1.165) is 11.1 Å². The fourth-order valence-corrected chi connectivity index (χ4v) is 3.35. The standard InChI is InChI=1S/C14H15ClN2O2S/c1-10-7-14(11(2)6-13(10)15)20(18,19)17-9-12-4-3-5-16-8-12/h3-8,17H,9H2,1-2H3. The van der Waals surface area contributed by atoms with Crippen LogP contribution in [-0.4, -0.2) is 13.4 Å². The summed E-state index contributed by atoms with van der Waals surface area (Å²) < 4.78 is 27.2. The van der Waals surface area contributed by atoms with Gasteiger partial charge in [-0.1, -0.05) is 17.7 Å². The first-order valence-electron chi connectivity index (χ1n) is 6.05. The molecule has 0 bridgehead atoms. The van der Waals surface area contributed by atoms with E-state index in [4.69, 9.17) is 11.6 Å². The van der Waals surface area contributed by atoms with Crippen molar-refractivity contribution in [2.75, 3.05) is 0 Å². The number of sulfonamides is 1. The molecule has 0 aliphatic rings. The molecule has 0 saturated heterocycles. The van der Waals surface area contributed by atoms with Gasteiger partial charge in [0.25, 0.3) is 0 Å². The lowest BCUT2D eigenvalue weighted by Crippen LogP contribution is -2.24. The van der Waals surface area contributed by atoms with Gasteiger partial charge in [0.1, 0.15) is 0 Å². The number of rotatable bonds is 4. The Morgan fingerprint density at radius 1 is 1.25 bits per heavy atom. The van der Waals surface area contributed by atoms with Crippen molar-refractivity contribution >= 4 is 21.6 Å². The molecule has 0 radical (unpaired) electrons. The van der Waals surface area contributed by atoms with Crippen LogP contribution in [0, 0.1) is 13.8 Å². The third kappa shape index (κ3) is 3.36. The Labute approximate surface area is 123 Å². The summed E-state index contributed by atoms with van der Waals surface area (Å²) in [6.07, 6.45) is 3.27. The minimum atomic E-state index is -3.56. The highest BCUT2D eigenvalue weighted by Gasteiger charge is 2.17. The van der Waals surface area contributed by atoms with Crippen LogP contribution in [0.15, 0.2) is 41.6 Å². The molecule has 20 heavy (non-hydrogen) atoms. The lowest BCUT2D eigenvalue weighted by molar-refractivity contribution is 0.580. The summed E-state index contributed by atoms with van der Waals surface area (Å²) in [7, 11) is -3.56. The van der Waals surface area contributed by atoms with E-state index in [1.807, 2.05) is 6.07 Å². The molecule has 4 nitrogen and oxygen atoms in total. The molecule has 0 aliphatic heterocycles. The average molecular weight is 311 g/mol. The quantitative estimate of drug-likeness (QED) is 0.944. The van der Waals surface area contributed by atoms with Gasteiger partial charge in [0, 0.05) is 24.0 Å². The number of aryl methyl sites for hydroxylation is 2. The molecule has 1 heterocycles. The minimum Gasteiger partial charge on any atom is -0.264 e. The molecule has 6 heteroatoms. The topological polar surface area (TPSA) is 59.1 Å². The number of hydrogen-bond donors (Lipinski definition) is 1. The summed E-state index contributed by atoms with van der Waals surface area (Å²) in [4.78, 5) is 4.20. The lowest BCUT2D eigenvalue weighted by Gasteiger charge is -2.11. The lowest BCUT2D eigenvalue weighted by atomic mass is 10.2. The maximum absolute atomic E-state index is 12.3. The van der Waals surface area contributed by atoms with E-state index < -0.39 is 10.0 Å². The van der Waals surface area contributed by atoms with Crippen LogP contribution in [0.5, 0.6) is 0 Å². The zero-order valence-corrected chi connectivity index (χ0v) is 12.8. The van der Waals surface area contributed by atoms with Crippen LogP contribution in [0.4, 0.5) is 0 Å². The Bertz CT molecular complexity index is 715. The third-order valence-corrected chi connectivity index (χ3v) is 4.89. The summed E-state index contributed by atoms with van der Waals surface area (Å²) in [5.74, 6) is 0. The summed E-state index contributed by atoms with van der Waals surface area (Å²) in [5.41, 5.74) is 2.16. The number of halogens is 1. The SMILES string of the molecule is Cc1cc(S(=O)(=O)NCc2cccnc2)c(C)cc1Cl. The highest BCUT2D eigenvalue weighted by Crippen LogP contribution is 2.23. The normalized spacial score (nSPS) is 11.6. The summed E-state index contributed by atoms with van der Waals surface area (Å²) in [6.45, 7) is 3.71. The maximum atomic E-state index is 12.3. The molecule has 0 saturated carbocycles. The van der Waals surface area contributed by atoms with Crippen molar-refractivity contribution < 1.29 is 8.42 Å². The van der Waals surface area contributed by atoms with Crippen molar-refractivity contribution in [3.63, 3.8) is 0 Å². The average Bonchev–Trinajstić information content (AvgIpc) is 2.42. The number of nitrogens with zero attached hydrogens (tertiary/aromatic N) is 1. The zero-order valence-electron chi connectivity index (χ0n) is 11.2. The first kappa shape index (κ1) is 15.0. The van der Waals surface area contributed by atoms with Crippen LogP contribution in [0.1, 0.15) is 16.7 Å². The number of nitrogens with one attached hydrogen (secondary N) is 1. The molecule has 1 aromatic carbocycles. The second kappa shape index (κ2) is 5.91. The highest BCUT2D eigenvalue weighted by molar-refractivity contribution is 7.89. The molecule has 2 rings (SSSR count). The van der Waals surface area contributed by atoms with Crippen LogP contribution < -0.4 is 4.72 Å². The Balaban J connectivity index is 2.25. The predicted molar refractivity (Wildman–Crippen MR) is 79.2 cm³/mol. The molecule has 106 valence electrons. The van der Waals surface area contributed by atoms with Crippen molar-refractivity contribution in [3.05, 3.63) is 58.4 Å². The van der Waals surface area contributed by atoms with Crippen LogP contribution in [0.25, 0.3) is 0 Å². The van der Waals surface area contributed by atoms with E-state index >= 15 is 0 Å². The molecule has 0 aliphatic carbocycles. The Hall–Kier alpha value is -1.43. The number of pyridine rings is 1. The van der Waals surface area contributed by atoms with Gasteiger partial charge in [-0.25, -0.2) is 13.1 Å². The van der Waals surface area contributed by atoms with Gasteiger partial charge in [-0.15, -0.1) is 0 Å². The number of benzene rings is 1. The van der Waals surface area contributed by atoms with Crippen molar-refractivity contribution in [1.29, 1.82) is 0 Å². The van der Waals surface area contributed by atoms with Gasteiger partial charge >= 0.3 is 0 Å². The third-order valence-electron chi connectivity index (χ3n) is 2.93. The molecular formula is C14H15ClN2O2S. The zero-order chi connectivity index (χ0) is 14.8. The monoisotopic (exact) mass is 310 g/mol. The number of aromatic nitrogens is 1. The van der Waals surface area contributed by atoms with Gasteiger partial charge in [-0.2, -0.15) is 0 Å². The molecular weight excluding hydrogens is 296 g/mol. The van der Waals surface area contributed by atoms with Gasteiger partial charge in [0.2, 0.25) is 10.0 Å². The van der Waals surface area contributed by atoms with Gasteiger partial charge in [-0.3, -0.25) is 4.98 Å². The van der Waals surface area contributed by atoms with Crippen LogP contribution in [0.3, 0.4) is 0 Å². The Kier molecular flexibility index (Phi) is 4.42. The summed E-state index contributed by atoms with van der Waals surface area (Å²) >= 11 is 5.99. The van der Waals surface area contributed by atoms with Crippen molar-refractivity contribution in [2.24, 2.45) is 0 Å². The summed E-state index contributed by atoms with van der Waals surface area (Å²) in [6, 6.07) is 6.83. The van der Waals surface area contributed by atoms with Gasteiger partial charge < -0.3 is 0 Å². The van der Waals surface area contributed by atoms with E-state index in [1.165, 1.54) is 0 Å². The molecule has 0 unspecified atom stereocenters. The van der Waals surface area contributed by atoms with Gasteiger partial charge in [0.05, 0.1) is 4.90 Å². The molecule has 0 fully saturated rings. The van der Waals surface area contributed by atoms with E-state index in [9.17, 15) is 8.42 Å². The van der Waals surface area contributed by atoms with E-state index in [-0.39, 0.29) is 11.4 Å². The fraction of sp³-hybridized carbons (Fsp3) is 0.214. The predicted octanol–water partition coefficient (Wildman–Crippen LogP) is 2.83. The highest BCUT2D eigenvalue weighted by atomic mass is 35.5. The van der Waals surface area contributed by atoms with Crippen molar-refractivity contribution in [3.8, 4) is 0 Å². The summed E-state index contributed by atoms with van der Waals surface area (Å²) in [5, 5.41) is 0.564.